The first-order valence-corrected chi connectivity index (χ1v) is 7.02. The Morgan fingerprint density at radius 3 is 2.75 bits per heavy atom. The van der Waals surface area contributed by atoms with Crippen LogP contribution in [0.3, 0.4) is 0 Å². The van der Waals surface area contributed by atoms with Crippen molar-refractivity contribution in [1.82, 2.24) is 10.6 Å². The standard InChI is InChI=1S/C15H25N3O2/c1-5-11(3)18-15(16-6-2)17-10-12-8-7-9-13(20-4)14(12)19/h7-9,11,19H,5-6,10H2,1-4H3,(H2,16,17,18). The monoisotopic (exact) mass is 279 g/mol. The molecular formula is C15H25N3O2. The lowest BCUT2D eigenvalue weighted by molar-refractivity contribution is 0.370. The number of rotatable bonds is 6. The summed E-state index contributed by atoms with van der Waals surface area (Å²) in [5.41, 5.74) is 0.741. The Morgan fingerprint density at radius 1 is 1.40 bits per heavy atom. The number of phenols is 1. The van der Waals surface area contributed by atoms with Crippen molar-refractivity contribution in [3.63, 3.8) is 0 Å². The molecule has 0 fully saturated rings. The molecule has 1 aromatic carbocycles. The molecule has 112 valence electrons. The minimum Gasteiger partial charge on any atom is -0.504 e. The average molecular weight is 279 g/mol. The number of nitrogens with zero attached hydrogens (tertiary/aromatic N) is 1. The molecule has 5 nitrogen and oxygen atoms in total. The quantitative estimate of drug-likeness (QED) is 0.552. The summed E-state index contributed by atoms with van der Waals surface area (Å²) in [5.74, 6) is 1.37. The van der Waals surface area contributed by atoms with Gasteiger partial charge in [-0.05, 0) is 26.3 Å². The number of para-hydroxylation sites is 1. The second-order valence-electron chi connectivity index (χ2n) is 4.62. The number of guanidine groups is 1. The molecule has 0 bridgehead atoms. The van der Waals surface area contributed by atoms with E-state index in [2.05, 4.69) is 29.5 Å². The van der Waals surface area contributed by atoms with Gasteiger partial charge in [0.2, 0.25) is 0 Å². The van der Waals surface area contributed by atoms with Gasteiger partial charge in [0.15, 0.2) is 17.5 Å². The summed E-state index contributed by atoms with van der Waals surface area (Å²) in [6, 6.07) is 5.77. The predicted octanol–water partition coefficient (Wildman–Crippen LogP) is 2.25. The van der Waals surface area contributed by atoms with Crippen LogP contribution in [0.1, 0.15) is 32.8 Å². The predicted molar refractivity (Wildman–Crippen MR) is 82.4 cm³/mol. The Hall–Kier alpha value is -1.91. The van der Waals surface area contributed by atoms with Gasteiger partial charge in [-0.1, -0.05) is 19.1 Å². The van der Waals surface area contributed by atoms with Crippen LogP contribution in [0, 0.1) is 0 Å². The Bertz CT molecular complexity index is 447. The fourth-order valence-electron chi connectivity index (χ4n) is 1.68. The largest absolute Gasteiger partial charge is 0.504 e. The van der Waals surface area contributed by atoms with Crippen LogP contribution < -0.4 is 15.4 Å². The van der Waals surface area contributed by atoms with Crippen LogP contribution in [-0.4, -0.2) is 30.8 Å². The highest BCUT2D eigenvalue weighted by Gasteiger charge is 2.07. The molecular weight excluding hydrogens is 254 g/mol. The van der Waals surface area contributed by atoms with Gasteiger partial charge in [-0.2, -0.15) is 0 Å². The number of nitrogens with one attached hydrogen (secondary N) is 2. The molecule has 0 saturated heterocycles. The summed E-state index contributed by atoms with van der Waals surface area (Å²) < 4.78 is 5.09. The zero-order valence-corrected chi connectivity index (χ0v) is 12.7. The molecule has 0 radical (unpaired) electrons. The highest BCUT2D eigenvalue weighted by atomic mass is 16.5. The molecule has 0 aromatic heterocycles. The summed E-state index contributed by atoms with van der Waals surface area (Å²) in [6.45, 7) is 7.45. The first-order valence-electron chi connectivity index (χ1n) is 7.02. The van der Waals surface area contributed by atoms with Crippen molar-refractivity contribution >= 4 is 5.96 Å². The second-order valence-corrected chi connectivity index (χ2v) is 4.62. The van der Waals surface area contributed by atoms with Crippen molar-refractivity contribution in [3.8, 4) is 11.5 Å². The van der Waals surface area contributed by atoms with Crippen LogP contribution in [0.15, 0.2) is 23.2 Å². The van der Waals surface area contributed by atoms with E-state index < -0.39 is 0 Å². The third-order valence-electron chi connectivity index (χ3n) is 3.05. The SMILES string of the molecule is CCNC(=NCc1cccc(OC)c1O)NC(C)CC. The van der Waals surface area contributed by atoms with Gasteiger partial charge < -0.3 is 20.5 Å². The summed E-state index contributed by atoms with van der Waals surface area (Å²) in [7, 11) is 1.54. The van der Waals surface area contributed by atoms with E-state index in [0.29, 0.717) is 18.3 Å². The van der Waals surface area contributed by atoms with E-state index >= 15 is 0 Å². The van der Waals surface area contributed by atoms with Gasteiger partial charge in [0.05, 0.1) is 13.7 Å². The molecule has 0 saturated carbocycles. The highest BCUT2D eigenvalue weighted by molar-refractivity contribution is 5.80. The fourth-order valence-corrected chi connectivity index (χ4v) is 1.68. The molecule has 1 aromatic rings. The van der Waals surface area contributed by atoms with Crippen LogP contribution in [0.4, 0.5) is 0 Å². The first kappa shape index (κ1) is 16.1. The van der Waals surface area contributed by atoms with Crippen LogP contribution in [0.25, 0.3) is 0 Å². The number of ether oxygens (including phenoxy) is 1. The van der Waals surface area contributed by atoms with Gasteiger partial charge in [0.25, 0.3) is 0 Å². The van der Waals surface area contributed by atoms with Crippen LogP contribution in [-0.2, 0) is 6.54 Å². The Balaban J connectivity index is 2.81. The molecule has 0 aliphatic rings. The molecule has 0 aliphatic carbocycles. The number of aliphatic imine (C=N–C) groups is 1. The summed E-state index contributed by atoms with van der Waals surface area (Å²) in [4.78, 5) is 4.49. The Labute approximate surface area is 121 Å². The van der Waals surface area contributed by atoms with Crippen molar-refractivity contribution in [3.05, 3.63) is 23.8 Å². The van der Waals surface area contributed by atoms with E-state index in [1.54, 1.807) is 6.07 Å². The molecule has 0 amide bonds. The van der Waals surface area contributed by atoms with Gasteiger partial charge in [-0.25, -0.2) is 4.99 Å². The van der Waals surface area contributed by atoms with E-state index in [4.69, 9.17) is 4.74 Å². The molecule has 1 unspecified atom stereocenters. The van der Waals surface area contributed by atoms with Crippen LogP contribution in [0.2, 0.25) is 0 Å². The smallest absolute Gasteiger partial charge is 0.191 e. The summed E-state index contributed by atoms with van der Waals surface area (Å²) in [6.07, 6.45) is 1.02. The van der Waals surface area contributed by atoms with Gasteiger partial charge in [0, 0.05) is 18.2 Å². The molecule has 0 heterocycles. The molecule has 0 spiro atoms. The lowest BCUT2D eigenvalue weighted by Gasteiger charge is -2.16. The number of hydrogen-bond acceptors (Lipinski definition) is 3. The maximum Gasteiger partial charge on any atom is 0.191 e. The molecule has 20 heavy (non-hydrogen) atoms. The van der Waals surface area contributed by atoms with Gasteiger partial charge >= 0.3 is 0 Å². The van der Waals surface area contributed by atoms with Crippen LogP contribution in [0.5, 0.6) is 11.5 Å². The van der Waals surface area contributed by atoms with Gasteiger partial charge in [-0.3, -0.25) is 0 Å². The maximum atomic E-state index is 10.0. The minimum atomic E-state index is 0.151. The summed E-state index contributed by atoms with van der Waals surface area (Å²) in [5, 5.41) is 16.5. The number of phenolic OH excluding ortho intramolecular Hbond substituents is 1. The number of benzene rings is 1. The molecule has 1 rings (SSSR count). The lowest BCUT2D eigenvalue weighted by Crippen LogP contribution is -2.41. The van der Waals surface area contributed by atoms with Crippen LogP contribution >= 0.6 is 0 Å². The van der Waals surface area contributed by atoms with E-state index in [-0.39, 0.29) is 5.75 Å². The number of methoxy groups -OCH3 is 1. The van der Waals surface area contributed by atoms with Crippen molar-refractivity contribution < 1.29 is 9.84 Å². The normalized spacial score (nSPS) is 12.9. The van der Waals surface area contributed by atoms with Crippen molar-refractivity contribution in [2.24, 2.45) is 4.99 Å². The zero-order chi connectivity index (χ0) is 15.0. The van der Waals surface area contributed by atoms with Gasteiger partial charge in [0.1, 0.15) is 0 Å². The topological polar surface area (TPSA) is 65.9 Å². The Morgan fingerprint density at radius 2 is 2.15 bits per heavy atom. The van der Waals surface area contributed by atoms with E-state index in [1.807, 2.05) is 19.1 Å². The minimum absolute atomic E-state index is 0.151. The maximum absolute atomic E-state index is 10.0. The fraction of sp³-hybridized carbons (Fsp3) is 0.533. The Kier molecular flexibility index (Phi) is 6.70. The third kappa shape index (κ3) is 4.64. The average Bonchev–Trinajstić information content (AvgIpc) is 2.46. The second kappa shape index (κ2) is 8.30. The number of aromatic hydroxyl groups is 1. The number of hydrogen-bond donors (Lipinski definition) is 3. The van der Waals surface area contributed by atoms with E-state index in [0.717, 1.165) is 24.5 Å². The highest BCUT2D eigenvalue weighted by Crippen LogP contribution is 2.29. The molecule has 3 N–H and O–H groups in total. The van der Waals surface area contributed by atoms with Crippen molar-refractivity contribution in [2.45, 2.75) is 39.8 Å². The molecule has 5 heteroatoms. The first-order chi connectivity index (χ1) is 9.62. The van der Waals surface area contributed by atoms with Crippen molar-refractivity contribution in [1.29, 1.82) is 0 Å². The lowest BCUT2D eigenvalue weighted by atomic mass is 10.2. The van der Waals surface area contributed by atoms with Gasteiger partial charge in [-0.15, -0.1) is 0 Å². The van der Waals surface area contributed by atoms with E-state index in [1.165, 1.54) is 7.11 Å². The molecule has 1 atom stereocenters. The summed E-state index contributed by atoms with van der Waals surface area (Å²) >= 11 is 0. The van der Waals surface area contributed by atoms with Crippen molar-refractivity contribution in [2.75, 3.05) is 13.7 Å². The van der Waals surface area contributed by atoms with E-state index in [9.17, 15) is 5.11 Å². The zero-order valence-electron chi connectivity index (χ0n) is 12.7. The third-order valence-corrected chi connectivity index (χ3v) is 3.05. The molecule has 0 aliphatic heterocycles.